The molecule has 0 amide bonds. The first-order valence-corrected chi connectivity index (χ1v) is 5.31. The third kappa shape index (κ3) is 4.66. The molecule has 2 nitrogen and oxygen atoms in total. The van der Waals surface area contributed by atoms with Crippen molar-refractivity contribution in [3.63, 3.8) is 0 Å². The lowest BCUT2D eigenvalue weighted by molar-refractivity contribution is 0.414. The molecular formula is C13H19NO. The lowest BCUT2D eigenvalue weighted by atomic mass is 10.1. The van der Waals surface area contributed by atoms with E-state index < -0.39 is 0 Å². The molecule has 0 bridgehead atoms. The Bertz CT molecular complexity index is 307. The summed E-state index contributed by atoms with van der Waals surface area (Å²) in [6, 6.07) is 8.20. The van der Waals surface area contributed by atoms with Gasteiger partial charge in [-0.05, 0) is 37.6 Å². The van der Waals surface area contributed by atoms with E-state index in [1.807, 2.05) is 19.1 Å². The number of ether oxygens (including phenoxy) is 1. The van der Waals surface area contributed by atoms with E-state index >= 15 is 0 Å². The van der Waals surface area contributed by atoms with E-state index in [2.05, 4.69) is 29.6 Å². The Morgan fingerprint density at radius 3 is 3.00 bits per heavy atom. The molecule has 0 heterocycles. The monoisotopic (exact) mass is 205 g/mol. The molecule has 82 valence electrons. The normalized spacial score (nSPS) is 10.8. The minimum Gasteiger partial charge on any atom is -0.497 e. The largest absolute Gasteiger partial charge is 0.497 e. The van der Waals surface area contributed by atoms with Crippen LogP contribution in [0.5, 0.6) is 5.75 Å². The second-order valence-corrected chi connectivity index (χ2v) is 3.37. The molecule has 0 aliphatic carbocycles. The van der Waals surface area contributed by atoms with Crippen LogP contribution in [0.2, 0.25) is 0 Å². The van der Waals surface area contributed by atoms with Crippen LogP contribution < -0.4 is 10.1 Å². The van der Waals surface area contributed by atoms with E-state index in [9.17, 15) is 0 Å². The molecule has 2 heteroatoms. The Balaban J connectivity index is 2.30. The van der Waals surface area contributed by atoms with Crippen molar-refractivity contribution in [1.29, 1.82) is 0 Å². The predicted octanol–water partition coefficient (Wildman–Crippen LogP) is 2.40. The maximum absolute atomic E-state index is 5.17. The number of allylic oxidation sites excluding steroid dienone is 1. The third-order valence-corrected chi connectivity index (χ3v) is 2.22. The SMILES string of the molecule is C/C=C/CNCCc1cccc(OC)c1. The number of rotatable bonds is 6. The first-order valence-electron chi connectivity index (χ1n) is 5.31. The van der Waals surface area contributed by atoms with Crippen molar-refractivity contribution >= 4 is 0 Å². The minimum absolute atomic E-state index is 0.931. The summed E-state index contributed by atoms with van der Waals surface area (Å²) in [4.78, 5) is 0. The Morgan fingerprint density at radius 2 is 2.27 bits per heavy atom. The summed E-state index contributed by atoms with van der Waals surface area (Å²) in [5, 5.41) is 3.34. The van der Waals surface area contributed by atoms with Gasteiger partial charge in [-0.3, -0.25) is 0 Å². The zero-order valence-electron chi connectivity index (χ0n) is 9.49. The van der Waals surface area contributed by atoms with Gasteiger partial charge in [0.2, 0.25) is 0 Å². The molecule has 0 saturated heterocycles. The zero-order chi connectivity index (χ0) is 10.9. The molecular weight excluding hydrogens is 186 g/mol. The van der Waals surface area contributed by atoms with Crippen LogP contribution in [0.15, 0.2) is 36.4 Å². The van der Waals surface area contributed by atoms with E-state index in [-0.39, 0.29) is 0 Å². The summed E-state index contributed by atoms with van der Waals surface area (Å²) in [6.45, 7) is 3.97. The van der Waals surface area contributed by atoms with Gasteiger partial charge >= 0.3 is 0 Å². The van der Waals surface area contributed by atoms with Gasteiger partial charge in [-0.15, -0.1) is 0 Å². The fourth-order valence-electron chi connectivity index (χ4n) is 1.36. The van der Waals surface area contributed by atoms with Gasteiger partial charge in [0.15, 0.2) is 0 Å². The van der Waals surface area contributed by atoms with Crippen LogP contribution in [0.25, 0.3) is 0 Å². The highest BCUT2D eigenvalue weighted by Crippen LogP contribution is 2.12. The van der Waals surface area contributed by atoms with Gasteiger partial charge in [0.1, 0.15) is 5.75 Å². The van der Waals surface area contributed by atoms with E-state index in [1.165, 1.54) is 5.56 Å². The van der Waals surface area contributed by atoms with Crippen molar-refractivity contribution < 1.29 is 4.74 Å². The summed E-state index contributed by atoms with van der Waals surface area (Å²) in [5.41, 5.74) is 1.31. The predicted molar refractivity (Wildman–Crippen MR) is 64.4 cm³/mol. The molecule has 0 atom stereocenters. The fourth-order valence-corrected chi connectivity index (χ4v) is 1.36. The highest BCUT2D eigenvalue weighted by atomic mass is 16.5. The molecule has 1 rings (SSSR count). The topological polar surface area (TPSA) is 21.3 Å². The Kier molecular flexibility index (Phi) is 5.56. The standard InChI is InChI=1S/C13H19NO/c1-3-4-9-14-10-8-12-6-5-7-13(11-12)15-2/h3-7,11,14H,8-10H2,1-2H3/b4-3+. The van der Waals surface area contributed by atoms with Crippen LogP contribution in [-0.2, 0) is 6.42 Å². The number of hydrogen-bond acceptors (Lipinski definition) is 2. The lowest BCUT2D eigenvalue weighted by Crippen LogP contribution is -2.16. The van der Waals surface area contributed by atoms with Crippen LogP contribution in [0.1, 0.15) is 12.5 Å². The molecule has 0 spiro atoms. The van der Waals surface area contributed by atoms with Crippen LogP contribution >= 0.6 is 0 Å². The minimum atomic E-state index is 0.931. The van der Waals surface area contributed by atoms with Crippen molar-refractivity contribution in [2.24, 2.45) is 0 Å². The number of hydrogen-bond donors (Lipinski definition) is 1. The third-order valence-electron chi connectivity index (χ3n) is 2.22. The van der Waals surface area contributed by atoms with Crippen molar-refractivity contribution in [3.8, 4) is 5.75 Å². The van der Waals surface area contributed by atoms with Crippen molar-refractivity contribution in [3.05, 3.63) is 42.0 Å². The van der Waals surface area contributed by atoms with E-state index in [1.54, 1.807) is 7.11 Å². The summed E-state index contributed by atoms with van der Waals surface area (Å²) in [7, 11) is 1.70. The van der Waals surface area contributed by atoms with Gasteiger partial charge in [0.25, 0.3) is 0 Å². The number of methoxy groups -OCH3 is 1. The maximum atomic E-state index is 5.17. The van der Waals surface area contributed by atoms with Gasteiger partial charge in [-0.2, -0.15) is 0 Å². The van der Waals surface area contributed by atoms with Crippen LogP contribution in [-0.4, -0.2) is 20.2 Å². The quantitative estimate of drug-likeness (QED) is 0.569. The number of nitrogens with one attached hydrogen (secondary N) is 1. The Hall–Kier alpha value is -1.28. The molecule has 0 aromatic heterocycles. The molecule has 0 saturated carbocycles. The van der Waals surface area contributed by atoms with E-state index in [4.69, 9.17) is 4.74 Å². The molecule has 0 radical (unpaired) electrons. The smallest absolute Gasteiger partial charge is 0.119 e. The number of benzene rings is 1. The van der Waals surface area contributed by atoms with Gasteiger partial charge < -0.3 is 10.1 Å². The lowest BCUT2D eigenvalue weighted by Gasteiger charge is -2.04. The van der Waals surface area contributed by atoms with Gasteiger partial charge in [-0.1, -0.05) is 24.3 Å². The van der Waals surface area contributed by atoms with Gasteiger partial charge in [0.05, 0.1) is 7.11 Å². The fraction of sp³-hybridized carbons (Fsp3) is 0.385. The van der Waals surface area contributed by atoms with Crippen molar-refractivity contribution in [1.82, 2.24) is 5.32 Å². The average Bonchev–Trinajstić information content (AvgIpc) is 2.29. The second kappa shape index (κ2) is 7.07. The van der Waals surface area contributed by atoms with Crippen LogP contribution in [0.4, 0.5) is 0 Å². The van der Waals surface area contributed by atoms with Gasteiger partial charge in [0, 0.05) is 6.54 Å². The molecule has 0 unspecified atom stereocenters. The first-order chi connectivity index (χ1) is 7.36. The zero-order valence-corrected chi connectivity index (χ0v) is 9.49. The molecule has 0 fully saturated rings. The average molecular weight is 205 g/mol. The molecule has 0 aliphatic heterocycles. The van der Waals surface area contributed by atoms with Crippen molar-refractivity contribution in [2.75, 3.05) is 20.2 Å². The Labute approximate surface area is 92.0 Å². The maximum Gasteiger partial charge on any atom is 0.119 e. The summed E-state index contributed by atoms with van der Waals surface area (Å²) < 4.78 is 5.17. The van der Waals surface area contributed by atoms with Crippen molar-refractivity contribution in [2.45, 2.75) is 13.3 Å². The molecule has 0 aliphatic rings. The summed E-state index contributed by atoms with van der Waals surface area (Å²) in [6.07, 6.45) is 5.21. The Morgan fingerprint density at radius 1 is 1.40 bits per heavy atom. The molecule has 1 aromatic carbocycles. The molecule has 1 aromatic rings. The second-order valence-electron chi connectivity index (χ2n) is 3.37. The summed E-state index contributed by atoms with van der Waals surface area (Å²) in [5.74, 6) is 0.931. The highest BCUT2D eigenvalue weighted by molar-refractivity contribution is 5.28. The van der Waals surface area contributed by atoms with Crippen LogP contribution in [0.3, 0.4) is 0 Å². The summed E-state index contributed by atoms with van der Waals surface area (Å²) >= 11 is 0. The van der Waals surface area contributed by atoms with Gasteiger partial charge in [-0.25, -0.2) is 0 Å². The van der Waals surface area contributed by atoms with E-state index in [0.717, 1.165) is 25.3 Å². The first kappa shape index (κ1) is 11.8. The molecule has 1 N–H and O–H groups in total. The van der Waals surface area contributed by atoms with Crippen LogP contribution in [0, 0.1) is 0 Å². The van der Waals surface area contributed by atoms with E-state index in [0.29, 0.717) is 0 Å². The molecule has 15 heavy (non-hydrogen) atoms. The highest BCUT2D eigenvalue weighted by Gasteiger charge is 1.94.